The Morgan fingerprint density at radius 1 is 1.36 bits per heavy atom. The maximum atomic E-state index is 12.6. The number of nitrogens with zero attached hydrogens (tertiary/aromatic N) is 4. The fourth-order valence-corrected chi connectivity index (χ4v) is 3.97. The zero-order chi connectivity index (χ0) is 17.6. The minimum absolute atomic E-state index is 0.0588. The molecule has 0 unspecified atom stereocenters. The van der Waals surface area contributed by atoms with E-state index in [2.05, 4.69) is 38.1 Å². The molecule has 0 radical (unpaired) electrons. The number of amides is 2. The summed E-state index contributed by atoms with van der Waals surface area (Å²) in [6, 6.07) is 4.34. The number of hydrogen-bond donors (Lipinski definition) is 1. The first-order valence-electron chi connectivity index (χ1n) is 8.94. The fourth-order valence-electron chi connectivity index (χ4n) is 3.16. The molecule has 136 valence electrons. The highest BCUT2D eigenvalue weighted by molar-refractivity contribution is 7.10. The maximum Gasteiger partial charge on any atom is 0.317 e. The maximum absolute atomic E-state index is 12.6. The van der Waals surface area contributed by atoms with E-state index in [1.165, 1.54) is 4.88 Å². The van der Waals surface area contributed by atoms with Crippen molar-refractivity contribution in [1.82, 2.24) is 24.7 Å². The molecule has 1 aliphatic rings. The van der Waals surface area contributed by atoms with Crippen LogP contribution in [0.25, 0.3) is 0 Å². The Morgan fingerprint density at radius 2 is 2.16 bits per heavy atom. The number of carbonyl (C=O) groups is 1. The average molecular weight is 362 g/mol. The smallest absolute Gasteiger partial charge is 0.317 e. The van der Waals surface area contributed by atoms with Crippen LogP contribution in [0.2, 0.25) is 0 Å². The van der Waals surface area contributed by atoms with Gasteiger partial charge in [0.05, 0.1) is 12.6 Å². The Hall–Kier alpha value is -1.86. The summed E-state index contributed by atoms with van der Waals surface area (Å²) in [5.41, 5.74) is 0. The van der Waals surface area contributed by atoms with Crippen LogP contribution in [0.4, 0.5) is 4.79 Å². The molecule has 0 spiro atoms. The Morgan fingerprint density at radius 3 is 2.76 bits per heavy atom. The molecule has 0 aromatic carbocycles. The van der Waals surface area contributed by atoms with Gasteiger partial charge in [-0.2, -0.15) is 0 Å². The predicted molar refractivity (Wildman–Crippen MR) is 101 cm³/mol. The molecular formula is C18H27N5OS. The van der Waals surface area contributed by atoms with E-state index >= 15 is 0 Å². The second-order valence-corrected chi connectivity index (χ2v) is 7.50. The van der Waals surface area contributed by atoms with Crippen molar-refractivity contribution in [3.8, 4) is 0 Å². The number of aryl methyl sites for hydroxylation is 1. The van der Waals surface area contributed by atoms with E-state index in [1.807, 2.05) is 30.4 Å². The summed E-state index contributed by atoms with van der Waals surface area (Å²) in [7, 11) is 2.02. The van der Waals surface area contributed by atoms with Crippen LogP contribution in [0, 0.1) is 0 Å². The standard InChI is InChI=1S/C18H27N5OS/c1-3-5-15(16-6-4-13-25-16)20-18(24)23-11-9-22(10-12-23)14-17-19-7-8-21(17)2/h4,6-8,13,15H,3,5,9-12,14H2,1-2H3,(H,20,24)/t15-/m1/s1. The van der Waals surface area contributed by atoms with Gasteiger partial charge in [0, 0.05) is 50.5 Å². The Balaban J connectivity index is 1.50. The van der Waals surface area contributed by atoms with Crippen molar-refractivity contribution in [3.05, 3.63) is 40.6 Å². The molecule has 25 heavy (non-hydrogen) atoms. The van der Waals surface area contributed by atoms with Gasteiger partial charge in [-0.3, -0.25) is 4.90 Å². The molecule has 1 aliphatic heterocycles. The van der Waals surface area contributed by atoms with E-state index in [4.69, 9.17) is 0 Å². The molecular weight excluding hydrogens is 334 g/mol. The Labute approximate surface area is 153 Å². The van der Waals surface area contributed by atoms with E-state index in [9.17, 15) is 4.79 Å². The van der Waals surface area contributed by atoms with Crippen LogP contribution in [0.15, 0.2) is 29.9 Å². The second kappa shape index (κ2) is 8.49. The van der Waals surface area contributed by atoms with Crippen LogP contribution in [0.5, 0.6) is 0 Å². The number of piperazine rings is 1. The molecule has 1 atom stereocenters. The van der Waals surface area contributed by atoms with Gasteiger partial charge in [0.25, 0.3) is 0 Å². The molecule has 2 amide bonds. The lowest BCUT2D eigenvalue weighted by Gasteiger charge is -2.35. The van der Waals surface area contributed by atoms with Gasteiger partial charge >= 0.3 is 6.03 Å². The SMILES string of the molecule is CCC[C@@H](NC(=O)N1CCN(Cc2nccn2C)CC1)c1cccs1. The van der Waals surface area contributed by atoms with Crippen LogP contribution in [0.3, 0.4) is 0 Å². The fraction of sp³-hybridized carbons (Fsp3) is 0.556. The van der Waals surface area contributed by atoms with Crippen molar-refractivity contribution in [2.75, 3.05) is 26.2 Å². The van der Waals surface area contributed by atoms with Crippen molar-refractivity contribution in [1.29, 1.82) is 0 Å². The van der Waals surface area contributed by atoms with E-state index in [1.54, 1.807) is 11.3 Å². The number of rotatable bonds is 6. The lowest BCUT2D eigenvalue weighted by atomic mass is 10.1. The largest absolute Gasteiger partial charge is 0.337 e. The molecule has 0 bridgehead atoms. The second-order valence-electron chi connectivity index (χ2n) is 6.52. The quantitative estimate of drug-likeness (QED) is 0.861. The molecule has 1 N–H and O–H groups in total. The highest BCUT2D eigenvalue weighted by atomic mass is 32.1. The number of urea groups is 1. The number of carbonyl (C=O) groups excluding carboxylic acids is 1. The summed E-state index contributed by atoms with van der Waals surface area (Å²) in [5.74, 6) is 1.07. The molecule has 3 heterocycles. The van der Waals surface area contributed by atoms with Crippen molar-refractivity contribution in [2.45, 2.75) is 32.4 Å². The van der Waals surface area contributed by atoms with Crippen LogP contribution >= 0.6 is 11.3 Å². The molecule has 1 saturated heterocycles. The first-order chi connectivity index (χ1) is 12.2. The monoisotopic (exact) mass is 361 g/mol. The van der Waals surface area contributed by atoms with Crippen LogP contribution in [-0.2, 0) is 13.6 Å². The number of hydrogen-bond acceptors (Lipinski definition) is 4. The molecule has 7 heteroatoms. The molecule has 0 saturated carbocycles. The topological polar surface area (TPSA) is 53.4 Å². The highest BCUT2D eigenvalue weighted by Crippen LogP contribution is 2.23. The van der Waals surface area contributed by atoms with Gasteiger partial charge in [-0.15, -0.1) is 11.3 Å². The van der Waals surface area contributed by atoms with Gasteiger partial charge in [0.2, 0.25) is 0 Å². The van der Waals surface area contributed by atoms with Gasteiger partial charge in [-0.1, -0.05) is 19.4 Å². The molecule has 1 fully saturated rings. The molecule has 2 aromatic heterocycles. The van der Waals surface area contributed by atoms with Crippen molar-refractivity contribution >= 4 is 17.4 Å². The highest BCUT2D eigenvalue weighted by Gasteiger charge is 2.24. The molecule has 3 rings (SSSR count). The summed E-state index contributed by atoms with van der Waals surface area (Å²) in [6.45, 7) is 6.30. The summed E-state index contributed by atoms with van der Waals surface area (Å²) in [5, 5.41) is 5.29. The summed E-state index contributed by atoms with van der Waals surface area (Å²) in [4.78, 5) is 22.6. The number of imidazole rings is 1. The first-order valence-corrected chi connectivity index (χ1v) is 9.82. The third-order valence-electron chi connectivity index (χ3n) is 4.71. The lowest BCUT2D eigenvalue weighted by Crippen LogP contribution is -2.52. The van der Waals surface area contributed by atoms with E-state index in [0.29, 0.717) is 0 Å². The van der Waals surface area contributed by atoms with Crippen molar-refractivity contribution < 1.29 is 4.79 Å². The van der Waals surface area contributed by atoms with Crippen molar-refractivity contribution in [2.24, 2.45) is 7.05 Å². The number of thiophene rings is 1. The summed E-state index contributed by atoms with van der Waals surface area (Å²) < 4.78 is 2.05. The first kappa shape index (κ1) is 17.9. The zero-order valence-electron chi connectivity index (χ0n) is 15.0. The molecule has 2 aromatic rings. The minimum Gasteiger partial charge on any atom is -0.337 e. The van der Waals surface area contributed by atoms with E-state index in [0.717, 1.165) is 51.4 Å². The number of nitrogens with one attached hydrogen (secondary N) is 1. The summed E-state index contributed by atoms with van der Waals surface area (Å²) in [6.07, 6.45) is 5.83. The normalized spacial score (nSPS) is 16.8. The Bertz CT molecular complexity index is 661. The van der Waals surface area contributed by atoms with Gasteiger partial charge in [0.1, 0.15) is 5.82 Å². The zero-order valence-corrected chi connectivity index (χ0v) is 15.8. The molecule has 0 aliphatic carbocycles. The van der Waals surface area contributed by atoms with Gasteiger partial charge in [0.15, 0.2) is 0 Å². The van der Waals surface area contributed by atoms with Crippen LogP contribution in [-0.4, -0.2) is 51.6 Å². The van der Waals surface area contributed by atoms with Gasteiger partial charge in [-0.25, -0.2) is 9.78 Å². The van der Waals surface area contributed by atoms with E-state index in [-0.39, 0.29) is 12.1 Å². The molecule has 6 nitrogen and oxygen atoms in total. The minimum atomic E-state index is 0.0588. The van der Waals surface area contributed by atoms with Crippen LogP contribution < -0.4 is 5.32 Å². The predicted octanol–water partition coefficient (Wildman–Crippen LogP) is 2.85. The van der Waals surface area contributed by atoms with E-state index < -0.39 is 0 Å². The Kier molecular flexibility index (Phi) is 6.09. The lowest BCUT2D eigenvalue weighted by molar-refractivity contribution is 0.130. The third-order valence-corrected chi connectivity index (χ3v) is 5.69. The summed E-state index contributed by atoms with van der Waals surface area (Å²) >= 11 is 1.71. The third kappa shape index (κ3) is 4.61. The van der Waals surface area contributed by atoms with Gasteiger partial charge < -0.3 is 14.8 Å². The average Bonchev–Trinajstić information content (AvgIpc) is 3.28. The van der Waals surface area contributed by atoms with Crippen molar-refractivity contribution in [3.63, 3.8) is 0 Å². The van der Waals surface area contributed by atoms with Gasteiger partial charge in [-0.05, 0) is 17.9 Å². The number of aromatic nitrogens is 2. The van der Waals surface area contributed by atoms with Crippen LogP contribution in [0.1, 0.15) is 36.5 Å².